The zero-order valence-electron chi connectivity index (χ0n) is 16.1. The summed E-state index contributed by atoms with van der Waals surface area (Å²) in [7, 11) is -6.53. The molecule has 0 unspecified atom stereocenters. The third-order valence-electron chi connectivity index (χ3n) is 4.28. The molecule has 0 aromatic heterocycles. The van der Waals surface area contributed by atoms with Gasteiger partial charge in [0.1, 0.15) is 0 Å². The van der Waals surface area contributed by atoms with Crippen LogP contribution in [0, 0.1) is 0 Å². The molecule has 0 radical (unpaired) electrons. The first-order chi connectivity index (χ1) is 13.3. The van der Waals surface area contributed by atoms with Gasteiger partial charge in [0.15, 0.2) is 19.7 Å². The Morgan fingerprint density at radius 2 is 0.929 bits per heavy atom. The lowest BCUT2D eigenvalue weighted by atomic mass is 10.1. The molecule has 4 nitrogen and oxygen atoms in total. The fourth-order valence-electron chi connectivity index (χ4n) is 2.73. The van der Waals surface area contributed by atoms with E-state index in [0.717, 1.165) is 22.6 Å². The Morgan fingerprint density at radius 1 is 0.607 bits per heavy atom. The molecule has 0 aliphatic heterocycles. The van der Waals surface area contributed by atoms with Crippen LogP contribution in [-0.4, -0.2) is 52.4 Å². The molecule has 2 rings (SSSR count). The van der Waals surface area contributed by atoms with Crippen LogP contribution in [0.15, 0.2) is 58.3 Å². The van der Waals surface area contributed by atoms with Crippen LogP contribution in [0.3, 0.4) is 0 Å². The Kier molecular flexibility index (Phi) is 8.92. The average molecular weight is 459 g/mol. The monoisotopic (exact) mass is 458 g/mol. The van der Waals surface area contributed by atoms with Crippen molar-refractivity contribution < 1.29 is 16.8 Å². The summed E-state index contributed by atoms with van der Waals surface area (Å²) in [6.07, 6.45) is 5.20. The maximum Gasteiger partial charge on any atom is 0.178 e. The second kappa shape index (κ2) is 10.7. The van der Waals surface area contributed by atoms with Gasteiger partial charge in [0.05, 0.1) is 21.3 Å². The molecule has 2 aromatic rings. The molecule has 0 atom stereocenters. The Balaban J connectivity index is 2.12. The van der Waals surface area contributed by atoms with Crippen molar-refractivity contribution in [1.29, 1.82) is 0 Å². The average Bonchev–Trinajstić information content (AvgIpc) is 2.68. The van der Waals surface area contributed by atoms with Crippen molar-refractivity contribution in [2.75, 3.05) is 35.5 Å². The van der Waals surface area contributed by atoms with Gasteiger partial charge in [-0.15, -0.1) is 0 Å². The highest BCUT2D eigenvalue weighted by atomic mass is 32.2. The lowest BCUT2D eigenvalue weighted by molar-refractivity contribution is 0.593. The molecular formula is C20H26O4S4. The minimum absolute atomic E-state index is 0.149. The first kappa shape index (κ1) is 23.3. The molecule has 0 saturated carbocycles. The molecule has 0 fully saturated rings. The van der Waals surface area contributed by atoms with E-state index in [9.17, 15) is 16.8 Å². The third kappa shape index (κ3) is 6.54. The van der Waals surface area contributed by atoms with Crippen LogP contribution in [0.5, 0.6) is 0 Å². The summed E-state index contributed by atoms with van der Waals surface area (Å²) in [4.78, 5) is 0.649. The second-order valence-corrected chi connectivity index (χ2v) is 12.6. The summed E-state index contributed by atoms with van der Waals surface area (Å²) < 4.78 is 49.4. The fourth-order valence-corrected chi connectivity index (χ4v) is 6.58. The van der Waals surface area contributed by atoms with E-state index >= 15 is 0 Å². The quantitative estimate of drug-likeness (QED) is 0.465. The van der Waals surface area contributed by atoms with Gasteiger partial charge in [-0.05, 0) is 72.3 Å². The van der Waals surface area contributed by atoms with Crippen molar-refractivity contribution in [1.82, 2.24) is 0 Å². The second-order valence-electron chi connectivity index (χ2n) is 6.38. The van der Waals surface area contributed by atoms with E-state index in [1.54, 1.807) is 72.1 Å². The normalized spacial score (nSPS) is 12.2. The Hall–Kier alpha value is -0.960. The van der Waals surface area contributed by atoms with Crippen molar-refractivity contribution in [3.63, 3.8) is 0 Å². The predicted molar refractivity (Wildman–Crippen MR) is 122 cm³/mol. The number of sulfone groups is 2. The standard InChI is InChI=1S/C20H26O4S4/c1-25-13-3-15-27(21,22)19-9-5-17(6-10-19)18-7-11-20(12-8-18)28(23,24)16-4-14-26-2/h5-12H,3-4,13-16H2,1-2H3. The summed E-state index contributed by atoms with van der Waals surface area (Å²) in [5, 5.41) is 0. The van der Waals surface area contributed by atoms with Crippen molar-refractivity contribution in [2.45, 2.75) is 22.6 Å². The highest BCUT2D eigenvalue weighted by Crippen LogP contribution is 2.24. The molecule has 154 valence electrons. The minimum Gasteiger partial charge on any atom is -0.224 e. The van der Waals surface area contributed by atoms with Gasteiger partial charge >= 0.3 is 0 Å². The lowest BCUT2D eigenvalue weighted by Crippen LogP contribution is -2.08. The van der Waals surface area contributed by atoms with E-state index < -0.39 is 19.7 Å². The zero-order chi connectivity index (χ0) is 20.6. The zero-order valence-corrected chi connectivity index (χ0v) is 19.4. The molecule has 0 aliphatic carbocycles. The van der Waals surface area contributed by atoms with Crippen LogP contribution in [0.4, 0.5) is 0 Å². The van der Waals surface area contributed by atoms with Gasteiger partial charge in [-0.3, -0.25) is 0 Å². The minimum atomic E-state index is -3.26. The van der Waals surface area contributed by atoms with Crippen molar-refractivity contribution in [3.05, 3.63) is 48.5 Å². The molecule has 0 amide bonds. The molecule has 0 heterocycles. The van der Waals surface area contributed by atoms with E-state index in [4.69, 9.17) is 0 Å². The molecule has 0 N–H and O–H groups in total. The largest absolute Gasteiger partial charge is 0.224 e. The first-order valence-corrected chi connectivity index (χ1v) is 15.0. The highest BCUT2D eigenvalue weighted by Gasteiger charge is 2.15. The van der Waals surface area contributed by atoms with Gasteiger partial charge in [0, 0.05) is 0 Å². The van der Waals surface area contributed by atoms with E-state index in [1.807, 2.05) is 12.5 Å². The van der Waals surface area contributed by atoms with Gasteiger partial charge < -0.3 is 0 Å². The fraction of sp³-hybridized carbons (Fsp3) is 0.400. The molecule has 0 spiro atoms. The van der Waals surface area contributed by atoms with Crippen LogP contribution in [0.2, 0.25) is 0 Å². The van der Waals surface area contributed by atoms with Gasteiger partial charge in [-0.1, -0.05) is 24.3 Å². The van der Waals surface area contributed by atoms with Crippen molar-refractivity contribution in [2.24, 2.45) is 0 Å². The Labute approximate surface area is 177 Å². The molecule has 0 saturated heterocycles. The van der Waals surface area contributed by atoms with E-state index in [0.29, 0.717) is 22.6 Å². The number of thioether (sulfide) groups is 2. The van der Waals surface area contributed by atoms with Gasteiger partial charge in [0.25, 0.3) is 0 Å². The van der Waals surface area contributed by atoms with Gasteiger partial charge in [0.2, 0.25) is 0 Å². The topological polar surface area (TPSA) is 68.3 Å². The summed E-state index contributed by atoms with van der Waals surface area (Å²) >= 11 is 3.27. The maximum atomic E-state index is 12.3. The Morgan fingerprint density at radius 3 is 1.21 bits per heavy atom. The molecule has 8 heteroatoms. The van der Waals surface area contributed by atoms with Crippen LogP contribution < -0.4 is 0 Å². The van der Waals surface area contributed by atoms with Gasteiger partial charge in [-0.25, -0.2) is 16.8 Å². The molecule has 0 bridgehead atoms. The number of hydrogen-bond acceptors (Lipinski definition) is 6. The van der Waals surface area contributed by atoms with E-state index in [1.165, 1.54) is 0 Å². The maximum absolute atomic E-state index is 12.3. The van der Waals surface area contributed by atoms with Crippen LogP contribution >= 0.6 is 23.5 Å². The van der Waals surface area contributed by atoms with E-state index in [2.05, 4.69) is 0 Å². The van der Waals surface area contributed by atoms with E-state index in [-0.39, 0.29) is 11.5 Å². The molecule has 2 aromatic carbocycles. The molecule has 0 aliphatic rings. The predicted octanol–water partition coefficient (Wildman–Crippen LogP) is 4.41. The first-order valence-electron chi connectivity index (χ1n) is 8.94. The summed E-state index contributed by atoms with van der Waals surface area (Å²) in [5.74, 6) is 1.94. The summed E-state index contributed by atoms with van der Waals surface area (Å²) in [5.41, 5.74) is 1.71. The molecule has 28 heavy (non-hydrogen) atoms. The molecular weight excluding hydrogens is 432 g/mol. The lowest BCUT2D eigenvalue weighted by Gasteiger charge is -2.08. The van der Waals surface area contributed by atoms with Crippen LogP contribution in [0.1, 0.15) is 12.8 Å². The van der Waals surface area contributed by atoms with Gasteiger partial charge in [-0.2, -0.15) is 23.5 Å². The third-order valence-corrected chi connectivity index (χ3v) is 9.31. The van der Waals surface area contributed by atoms with Crippen LogP contribution in [-0.2, 0) is 19.7 Å². The number of hydrogen-bond donors (Lipinski definition) is 0. The van der Waals surface area contributed by atoms with Crippen LogP contribution in [0.25, 0.3) is 11.1 Å². The highest BCUT2D eigenvalue weighted by molar-refractivity contribution is 7.98. The smallest absolute Gasteiger partial charge is 0.178 e. The number of rotatable bonds is 11. The Bertz CT molecular complexity index is 867. The SMILES string of the molecule is CSCCCS(=O)(=O)c1ccc(-c2ccc(S(=O)(=O)CCCSC)cc2)cc1. The summed E-state index contributed by atoms with van der Waals surface area (Å²) in [6, 6.07) is 13.6. The van der Waals surface area contributed by atoms with Crippen molar-refractivity contribution in [3.8, 4) is 11.1 Å². The number of benzene rings is 2. The summed E-state index contributed by atoms with van der Waals surface area (Å²) in [6.45, 7) is 0. The van der Waals surface area contributed by atoms with Crippen molar-refractivity contribution >= 4 is 43.2 Å².